The van der Waals surface area contributed by atoms with Gasteiger partial charge in [0.1, 0.15) is 0 Å². The lowest BCUT2D eigenvalue weighted by molar-refractivity contribution is -0.120. The van der Waals surface area contributed by atoms with E-state index in [-0.39, 0.29) is 0 Å². The largest absolute Gasteiger partial charge is 0.327 e. The van der Waals surface area contributed by atoms with E-state index in [1.165, 1.54) is 89.0 Å². The second kappa shape index (κ2) is 7.61. The molecule has 4 aliphatic rings. The van der Waals surface area contributed by atoms with Gasteiger partial charge in [0.2, 0.25) is 0 Å². The number of rotatable bonds is 5. The topological polar surface area (TPSA) is 26.0 Å². The Kier molecular flexibility index (Phi) is 5.57. The van der Waals surface area contributed by atoms with Crippen molar-refractivity contribution in [1.29, 1.82) is 0 Å². The number of fused-ring (bicyclic) bond motifs is 5. The van der Waals surface area contributed by atoms with Crippen LogP contribution in [0.4, 0.5) is 0 Å². The highest BCUT2D eigenvalue weighted by Gasteiger charge is 2.61. The molecule has 0 spiro atoms. The predicted octanol–water partition coefficient (Wildman–Crippen LogP) is 6.72. The molecule has 0 bridgehead atoms. The van der Waals surface area contributed by atoms with Crippen molar-refractivity contribution in [3.8, 4) is 0 Å². The Morgan fingerprint density at radius 3 is 2.50 bits per heavy atom. The monoisotopic (exact) mass is 357 g/mol. The maximum Gasteiger partial charge on any atom is 0.0104 e. The van der Waals surface area contributed by atoms with Gasteiger partial charge >= 0.3 is 0 Å². The summed E-state index contributed by atoms with van der Waals surface area (Å²) in [4.78, 5) is 0. The van der Waals surface area contributed by atoms with Crippen molar-refractivity contribution in [3.63, 3.8) is 0 Å². The molecule has 1 nitrogen and oxygen atoms in total. The summed E-state index contributed by atoms with van der Waals surface area (Å²) in [5.41, 5.74) is 8.93. The summed E-state index contributed by atoms with van der Waals surface area (Å²) in [7, 11) is 0. The smallest absolute Gasteiger partial charge is 0.0104 e. The van der Waals surface area contributed by atoms with Crippen LogP contribution >= 0.6 is 0 Å². The van der Waals surface area contributed by atoms with Gasteiger partial charge in [0, 0.05) is 6.04 Å². The Balaban J connectivity index is 1.53. The molecule has 0 aliphatic heterocycles. The molecule has 0 heterocycles. The molecule has 0 aromatic heterocycles. The molecule has 0 aromatic carbocycles. The second-order valence-electron chi connectivity index (χ2n) is 10.7. The predicted molar refractivity (Wildman–Crippen MR) is 112 cm³/mol. The number of hydrogen-bond acceptors (Lipinski definition) is 1. The third-order valence-electron chi connectivity index (χ3n) is 9.69. The maximum absolute atomic E-state index is 7.07. The third kappa shape index (κ3) is 3.01. The van der Waals surface area contributed by atoms with Gasteiger partial charge in [-0.2, -0.15) is 0 Å². The Labute approximate surface area is 162 Å². The molecule has 148 valence electrons. The quantitative estimate of drug-likeness (QED) is 0.543. The van der Waals surface area contributed by atoms with Gasteiger partial charge in [-0.05, 0) is 112 Å². The first-order valence-corrected chi connectivity index (χ1v) is 12.0. The summed E-state index contributed by atoms with van der Waals surface area (Å²) in [5.74, 6) is 5.86. The first-order valence-electron chi connectivity index (χ1n) is 12.0. The van der Waals surface area contributed by atoms with Crippen molar-refractivity contribution in [2.45, 2.75) is 103 Å². The number of hydrogen-bond donors (Lipinski definition) is 1. The minimum absolute atomic E-state index is 0.485. The van der Waals surface area contributed by atoms with E-state index in [1.54, 1.807) is 0 Å². The Hall–Kier alpha value is -0.300. The molecule has 0 saturated heterocycles. The van der Waals surface area contributed by atoms with Gasteiger partial charge < -0.3 is 5.73 Å². The van der Waals surface area contributed by atoms with E-state index in [9.17, 15) is 0 Å². The van der Waals surface area contributed by atoms with E-state index in [4.69, 9.17) is 5.73 Å². The zero-order valence-electron chi connectivity index (χ0n) is 17.5. The molecule has 8 atom stereocenters. The van der Waals surface area contributed by atoms with Crippen LogP contribution < -0.4 is 5.73 Å². The number of nitrogens with two attached hydrogens (primary N) is 1. The highest BCUT2D eigenvalue weighted by Crippen LogP contribution is 2.66. The lowest BCUT2D eigenvalue weighted by atomic mass is 9.43. The van der Waals surface area contributed by atoms with E-state index in [0.717, 1.165) is 35.5 Å². The Morgan fingerprint density at radius 2 is 1.73 bits per heavy atom. The Bertz CT molecular complexity index is 510. The van der Waals surface area contributed by atoms with Gasteiger partial charge in [-0.3, -0.25) is 0 Å². The zero-order valence-corrected chi connectivity index (χ0v) is 17.5. The standard InChI is InChI=1S/C25H43N/c1-4-25-22-14-12-18(10-7-8-17(2)3)21(22)13-15-23(25)20-11-6-5-9-19(20)16-24(25)26/h18-24H,2,4-16,26H2,1,3H3. The van der Waals surface area contributed by atoms with Crippen molar-refractivity contribution in [2.24, 2.45) is 46.7 Å². The molecule has 4 aliphatic carbocycles. The molecule has 26 heavy (non-hydrogen) atoms. The average Bonchev–Trinajstić information content (AvgIpc) is 3.05. The van der Waals surface area contributed by atoms with Gasteiger partial charge in [0.05, 0.1) is 0 Å². The van der Waals surface area contributed by atoms with Crippen LogP contribution in [0.1, 0.15) is 97.3 Å². The fourth-order valence-electron chi connectivity index (χ4n) is 8.75. The van der Waals surface area contributed by atoms with Crippen molar-refractivity contribution in [3.05, 3.63) is 12.2 Å². The van der Waals surface area contributed by atoms with E-state index in [0.29, 0.717) is 11.5 Å². The lowest BCUT2D eigenvalue weighted by Crippen LogP contribution is -2.62. The van der Waals surface area contributed by atoms with Crippen molar-refractivity contribution in [1.82, 2.24) is 0 Å². The van der Waals surface area contributed by atoms with E-state index >= 15 is 0 Å². The Morgan fingerprint density at radius 1 is 1.00 bits per heavy atom. The van der Waals surface area contributed by atoms with Gasteiger partial charge in [0.15, 0.2) is 0 Å². The highest BCUT2D eigenvalue weighted by atomic mass is 14.8. The molecule has 1 heteroatoms. The molecule has 0 aromatic rings. The summed E-state index contributed by atoms with van der Waals surface area (Å²) < 4.78 is 0. The van der Waals surface area contributed by atoms with Crippen molar-refractivity contribution >= 4 is 0 Å². The molecule has 2 N–H and O–H groups in total. The maximum atomic E-state index is 7.07. The van der Waals surface area contributed by atoms with Crippen LogP contribution in [-0.2, 0) is 0 Å². The average molecular weight is 358 g/mol. The lowest BCUT2D eigenvalue weighted by Gasteiger charge is -2.62. The molecule has 4 rings (SSSR count). The summed E-state index contributed by atoms with van der Waals surface area (Å²) in [6.07, 6.45) is 18.7. The first-order chi connectivity index (χ1) is 12.6. The van der Waals surface area contributed by atoms with E-state index in [2.05, 4.69) is 20.4 Å². The minimum atomic E-state index is 0.485. The van der Waals surface area contributed by atoms with Crippen LogP contribution in [0, 0.1) is 40.9 Å². The fourth-order valence-corrected chi connectivity index (χ4v) is 8.75. The van der Waals surface area contributed by atoms with Gasteiger partial charge in [-0.25, -0.2) is 0 Å². The summed E-state index contributed by atoms with van der Waals surface area (Å²) in [5, 5.41) is 0. The summed E-state index contributed by atoms with van der Waals surface area (Å²) >= 11 is 0. The molecule has 0 radical (unpaired) electrons. The molecule has 0 amide bonds. The second-order valence-corrected chi connectivity index (χ2v) is 10.7. The van der Waals surface area contributed by atoms with Crippen molar-refractivity contribution < 1.29 is 0 Å². The molecule has 4 fully saturated rings. The molecule has 4 saturated carbocycles. The van der Waals surface area contributed by atoms with Crippen LogP contribution in [0.15, 0.2) is 12.2 Å². The molecule has 8 unspecified atom stereocenters. The van der Waals surface area contributed by atoms with Gasteiger partial charge in [-0.15, -0.1) is 6.58 Å². The SMILES string of the molecule is C=C(C)CCCC1CCC2C1CCC1C3CCCCC3CC(N)C21CC. The zero-order chi connectivity index (χ0) is 18.3. The van der Waals surface area contributed by atoms with Gasteiger partial charge in [0.25, 0.3) is 0 Å². The highest BCUT2D eigenvalue weighted by molar-refractivity contribution is 5.12. The van der Waals surface area contributed by atoms with E-state index in [1.807, 2.05) is 0 Å². The van der Waals surface area contributed by atoms with Crippen LogP contribution in [0.2, 0.25) is 0 Å². The van der Waals surface area contributed by atoms with E-state index < -0.39 is 0 Å². The van der Waals surface area contributed by atoms with Crippen LogP contribution in [0.25, 0.3) is 0 Å². The molecular formula is C25H43N. The van der Waals surface area contributed by atoms with Crippen molar-refractivity contribution in [2.75, 3.05) is 0 Å². The number of allylic oxidation sites excluding steroid dienone is 1. The van der Waals surface area contributed by atoms with Crippen LogP contribution in [0.5, 0.6) is 0 Å². The summed E-state index contributed by atoms with van der Waals surface area (Å²) in [6.45, 7) is 8.79. The van der Waals surface area contributed by atoms with Gasteiger partial charge in [-0.1, -0.05) is 31.8 Å². The fraction of sp³-hybridized carbons (Fsp3) is 0.920. The third-order valence-corrected chi connectivity index (χ3v) is 9.69. The minimum Gasteiger partial charge on any atom is -0.327 e. The van der Waals surface area contributed by atoms with Crippen LogP contribution in [-0.4, -0.2) is 6.04 Å². The normalized spacial score (nSPS) is 47.7. The molecular weight excluding hydrogens is 314 g/mol. The first kappa shape index (κ1) is 19.0. The van der Waals surface area contributed by atoms with Crippen LogP contribution in [0.3, 0.4) is 0 Å². The summed E-state index contributed by atoms with van der Waals surface area (Å²) in [6, 6.07) is 0.485.